The Morgan fingerprint density at radius 1 is 1.39 bits per heavy atom. The standard InChI is InChI=1S/C22H26N4O3S2/c1-3-14(12-27)23-18-16(20(28)25-10-6-7-13(2)19(25)24-18)11-17-21(29)26(22(30)31-17)15-8-4-5-9-15/h6-7,10-11,14-15,23,27H,3-5,8-9,12H2,1-2H3/b17-11-/t14-/m0/s1. The molecule has 1 atom stereocenters. The Balaban J connectivity index is 1.82. The summed E-state index contributed by atoms with van der Waals surface area (Å²) in [6.07, 6.45) is 8.06. The number of pyridine rings is 1. The number of carbonyl (C=O) groups is 1. The van der Waals surface area contributed by atoms with Crippen molar-refractivity contribution in [1.29, 1.82) is 0 Å². The predicted molar refractivity (Wildman–Crippen MR) is 128 cm³/mol. The van der Waals surface area contributed by atoms with Gasteiger partial charge in [0.25, 0.3) is 11.5 Å². The number of aliphatic hydroxyl groups excluding tert-OH is 1. The normalized spacial score (nSPS) is 19.7. The third-order valence-electron chi connectivity index (χ3n) is 5.93. The summed E-state index contributed by atoms with van der Waals surface area (Å²) in [4.78, 5) is 33.4. The van der Waals surface area contributed by atoms with E-state index in [1.54, 1.807) is 23.2 Å². The minimum Gasteiger partial charge on any atom is -0.394 e. The molecule has 0 unspecified atom stereocenters. The van der Waals surface area contributed by atoms with Gasteiger partial charge in [-0.05, 0) is 43.9 Å². The Hall–Kier alpha value is -2.23. The molecule has 4 rings (SSSR count). The quantitative estimate of drug-likeness (QED) is 0.507. The summed E-state index contributed by atoms with van der Waals surface area (Å²) < 4.78 is 2.04. The van der Waals surface area contributed by atoms with Gasteiger partial charge in [-0.15, -0.1) is 0 Å². The Morgan fingerprint density at radius 2 is 2.13 bits per heavy atom. The van der Waals surface area contributed by atoms with Gasteiger partial charge in [0, 0.05) is 12.2 Å². The number of hydrogen-bond acceptors (Lipinski definition) is 7. The molecule has 164 valence electrons. The number of rotatable bonds is 6. The Morgan fingerprint density at radius 3 is 2.81 bits per heavy atom. The average molecular weight is 459 g/mol. The second kappa shape index (κ2) is 9.10. The van der Waals surface area contributed by atoms with E-state index in [0.717, 1.165) is 31.2 Å². The van der Waals surface area contributed by atoms with Crippen LogP contribution in [0.2, 0.25) is 0 Å². The second-order valence-corrected chi connectivity index (χ2v) is 9.66. The highest BCUT2D eigenvalue weighted by Gasteiger charge is 2.38. The van der Waals surface area contributed by atoms with Crippen LogP contribution < -0.4 is 10.9 Å². The average Bonchev–Trinajstić information content (AvgIpc) is 3.37. The Kier molecular flexibility index (Phi) is 6.45. The van der Waals surface area contributed by atoms with E-state index in [1.165, 1.54) is 16.2 Å². The number of amides is 1. The molecule has 1 saturated heterocycles. The van der Waals surface area contributed by atoms with Crippen molar-refractivity contribution in [2.24, 2.45) is 0 Å². The summed E-state index contributed by atoms with van der Waals surface area (Å²) >= 11 is 6.73. The number of nitrogens with one attached hydrogen (secondary N) is 1. The number of thioether (sulfide) groups is 1. The zero-order chi connectivity index (χ0) is 22.1. The molecule has 31 heavy (non-hydrogen) atoms. The molecule has 3 heterocycles. The highest BCUT2D eigenvalue weighted by molar-refractivity contribution is 8.26. The molecule has 0 bridgehead atoms. The maximum Gasteiger partial charge on any atom is 0.267 e. The maximum atomic E-state index is 13.4. The fourth-order valence-corrected chi connectivity index (χ4v) is 5.49. The number of fused-ring (bicyclic) bond motifs is 1. The third kappa shape index (κ3) is 4.14. The number of carbonyl (C=O) groups excluding carboxylic acids is 1. The van der Waals surface area contributed by atoms with Crippen molar-refractivity contribution in [2.45, 2.75) is 58.0 Å². The highest BCUT2D eigenvalue weighted by Crippen LogP contribution is 2.38. The van der Waals surface area contributed by atoms with E-state index in [-0.39, 0.29) is 30.2 Å². The van der Waals surface area contributed by atoms with E-state index in [2.05, 4.69) is 10.3 Å². The van der Waals surface area contributed by atoms with E-state index < -0.39 is 0 Å². The van der Waals surface area contributed by atoms with Crippen molar-refractivity contribution >= 4 is 51.7 Å². The summed E-state index contributed by atoms with van der Waals surface area (Å²) in [6.45, 7) is 3.75. The zero-order valence-electron chi connectivity index (χ0n) is 17.6. The van der Waals surface area contributed by atoms with E-state index in [9.17, 15) is 14.7 Å². The molecule has 1 aliphatic carbocycles. The van der Waals surface area contributed by atoms with Crippen molar-refractivity contribution in [1.82, 2.24) is 14.3 Å². The van der Waals surface area contributed by atoms with Gasteiger partial charge in [0.15, 0.2) is 0 Å². The number of hydrogen-bond donors (Lipinski definition) is 2. The lowest BCUT2D eigenvalue weighted by Gasteiger charge is -2.22. The first-order valence-electron chi connectivity index (χ1n) is 10.6. The predicted octanol–water partition coefficient (Wildman–Crippen LogP) is 3.33. The molecule has 2 aliphatic rings. The lowest BCUT2D eigenvalue weighted by atomic mass is 10.2. The lowest BCUT2D eigenvalue weighted by Crippen LogP contribution is -2.36. The van der Waals surface area contributed by atoms with Crippen LogP contribution in [0.1, 0.15) is 50.2 Å². The van der Waals surface area contributed by atoms with Crippen molar-refractivity contribution in [3.8, 4) is 0 Å². The van der Waals surface area contributed by atoms with Crippen LogP contribution in [0.25, 0.3) is 11.7 Å². The smallest absolute Gasteiger partial charge is 0.267 e. The van der Waals surface area contributed by atoms with Crippen LogP contribution >= 0.6 is 24.0 Å². The fourth-order valence-electron chi connectivity index (χ4n) is 4.11. The number of aryl methyl sites for hydroxylation is 1. The first-order valence-corrected chi connectivity index (χ1v) is 11.8. The van der Waals surface area contributed by atoms with Crippen LogP contribution in [0.15, 0.2) is 28.0 Å². The summed E-state index contributed by atoms with van der Waals surface area (Å²) in [6, 6.07) is 3.58. The number of anilines is 1. The molecule has 9 heteroatoms. The maximum absolute atomic E-state index is 13.4. The van der Waals surface area contributed by atoms with Gasteiger partial charge in [0.2, 0.25) is 0 Å². The van der Waals surface area contributed by atoms with Gasteiger partial charge >= 0.3 is 0 Å². The molecule has 1 aliphatic heterocycles. The molecular formula is C22H26N4O3S2. The summed E-state index contributed by atoms with van der Waals surface area (Å²) in [7, 11) is 0. The van der Waals surface area contributed by atoms with Crippen molar-refractivity contribution in [2.75, 3.05) is 11.9 Å². The zero-order valence-corrected chi connectivity index (χ0v) is 19.3. The van der Waals surface area contributed by atoms with Gasteiger partial charge in [0.1, 0.15) is 15.8 Å². The number of nitrogens with zero attached hydrogens (tertiary/aromatic N) is 3. The van der Waals surface area contributed by atoms with E-state index >= 15 is 0 Å². The monoisotopic (exact) mass is 458 g/mol. The second-order valence-electron chi connectivity index (χ2n) is 7.99. The first kappa shape index (κ1) is 22.0. The van der Waals surface area contributed by atoms with Gasteiger partial charge < -0.3 is 10.4 Å². The van der Waals surface area contributed by atoms with Gasteiger partial charge in [-0.1, -0.05) is 49.8 Å². The van der Waals surface area contributed by atoms with Crippen molar-refractivity contribution < 1.29 is 9.90 Å². The van der Waals surface area contributed by atoms with Gasteiger partial charge in [-0.3, -0.25) is 18.9 Å². The molecule has 1 amide bonds. The van der Waals surface area contributed by atoms with Crippen LogP contribution in [-0.2, 0) is 4.79 Å². The van der Waals surface area contributed by atoms with E-state index in [1.807, 2.05) is 19.9 Å². The SMILES string of the molecule is CC[C@@H](CO)Nc1nc2c(C)cccn2c(=O)c1/C=C1\SC(=S)N(C2CCCC2)C1=O. The Bertz CT molecular complexity index is 1120. The molecule has 2 aromatic rings. The van der Waals surface area contributed by atoms with Crippen LogP contribution in [0.4, 0.5) is 5.82 Å². The van der Waals surface area contributed by atoms with Crippen molar-refractivity contribution in [3.05, 3.63) is 44.7 Å². The van der Waals surface area contributed by atoms with Crippen LogP contribution in [0, 0.1) is 6.92 Å². The minimum atomic E-state index is -0.268. The molecule has 2 fully saturated rings. The molecule has 0 aromatic carbocycles. The summed E-state index contributed by atoms with van der Waals surface area (Å²) in [5.41, 5.74) is 1.43. The van der Waals surface area contributed by atoms with E-state index in [0.29, 0.717) is 32.7 Å². The van der Waals surface area contributed by atoms with Gasteiger partial charge in [-0.25, -0.2) is 4.98 Å². The van der Waals surface area contributed by atoms with Gasteiger partial charge in [0.05, 0.1) is 23.1 Å². The first-order chi connectivity index (χ1) is 14.9. The topological polar surface area (TPSA) is 86.9 Å². The molecule has 0 radical (unpaired) electrons. The van der Waals surface area contributed by atoms with Crippen LogP contribution in [0.5, 0.6) is 0 Å². The number of aromatic nitrogens is 2. The van der Waals surface area contributed by atoms with Crippen LogP contribution in [0.3, 0.4) is 0 Å². The van der Waals surface area contributed by atoms with Crippen molar-refractivity contribution in [3.63, 3.8) is 0 Å². The third-order valence-corrected chi connectivity index (χ3v) is 7.26. The molecular weight excluding hydrogens is 432 g/mol. The molecule has 0 spiro atoms. The molecule has 1 saturated carbocycles. The molecule has 2 aromatic heterocycles. The van der Waals surface area contributed by atoms with Crippen LogP contribution in [-0.4, -0.2) is 48.3 Å². The lowest BCUT2D eigenvalue weighted by molar-refractivity contribution is -0.123. The number of aliphatic hydroxyl groups is 1. The summed E-state index contributed by atoms with van der Waals surface area (Å²) in [5.74, 6) is 0.224. The summed E-state index contributed by atoms with van der Waals surface area (Å²) in [5, 5.41) is 12.8. The highest BCUT2D eigenvalue weighted by atomic mass is 32.2. The van der Waals surface area contributed by atoms with Gasteiger partial charge in [-0.2, -0.15) is 0 Å². The van der Waals surface area contributed by atoms with E-state index in [4.69, 9.17) is 12.2 Å². The Labute approximate surface area is 190 Å². The fraction of sp³-hybridized carbons (Fsp3) is 0.455. The largest absolute Gasteiger partial charge is 0.394 e. The molecule has 2 N–H and O–H groups in total. The molecule has 7 nitrogen and oxygen atoms in total. The minimum absolute atomic E-state index is 0.0887. The number of thiocarbonyl (C=S) groups is 1.